The first-order chi connectivity index (χ1) is 15.4. The molecule has 0 saturated heterocycles. The summed E-state index contributed by atoms with van der Waals surface area (Å²) in [5.74, 6) is 0.202. The van der Waals surface area contributed by atoms with Gasteiger partial charge in [-0.3, -0.25) is 0 Å². The summed E-state index contributed by atoms with van der Waals surface area (Å²) in [7, 11) is 1.35. The van der Waals surface area contributed by atoms with E-state index in [1.54, 1.807) is 13.8 Å². The number of allylic oxidation sites excluding steroid dienone is 3. The number of rotatable bonds is 11. The summed E-state index contributed by atoms with van der Waals surface area (Å²) in [6.45, 7) is 7.60. The van der Waals surface area contributed by atoms with Gasteiger partial charge >= 0.3 is 5.97 Å². The van der Waals surface area contributed by atoms with Crippen LogP contribution in [0.2, 0.25) is 0 Å². The molecule has 0 saturated carbocycles. The molecule has 1 aliphatic rings. The molecule has 6 heteroatoms. The van der Waals surface area contributed by atoms with Crippen LogP contribution >= 0.6 is 0 Å². The second-order valence-electron chi connectivity index (χ2n) is 8.54. The van der Waals surface area contributed by atoms with Gasteiger partial charge in [0.2, 0.25) is 0 Å². The molecule has 2 heterocycles. The number of para-hydroxylation sites is 1. The summed E-state index contributed by atoms with van der Waals surface area (Å²) in [5.41, 5.74) is 3.96. The van der Waals surface area contributed by atoms with E-state index in [2.05, 4.69) is 52.6 Å². The van der Waals surface area contributed by atoms with Crippen molar-refractivity contribution in [2.24, 2.45) is 0 Å². The molecule has 0 aliphatic carbocycles. The number of methoxy groups -OCH3 is 1. The number of anilines is 1. The first-order valence-corrected chi connectivity index (χ1v) is 11.3. The fraction of sp³-hybridized carbons (Fsp3) is 0.462. The maximum atomic E-state index is 11.7. The van der Waals surface area contributed by atoms with Crippen molar-refractivity contribution < 1.29 is 18.8 Å². The first-order valence-electron chi connectivity index (χ1n) is 11.3. The van der Waals surface area contributed by atoms with Crippen LogP contribution < -0.4 is 4.90 Å². The summed E-state index contributed by atoms with van der Waals surface area (Å²) in [6.07, 6.45) is 10.6. The zero-order valence-electron chi connectivity index (χ0n) is 19.6. The standard InChI is InChI=1S/C26H34N2O4/c1-5-6-12-20-18-28(24-15-10-9-14-23(20)24)16-11-7-8-13-21-17-22(32-27-21)19-31-26(2,3)25(29)30-4/h5-6,9-10,12,14-15,17H,7-8,11,13,16,18-19H2,1-4H3/b6-5-,20-12+. The Morgan fingerprint density at radius 1 is 1.25 bits per heavy atom. The van der Waals surface area contributed by atoms with Crippen molar-refractivity contribution >= 4 is 17.2 Å². The highest BCUT2D eigenvalue weighted by atomic mass is 16.6. The Labute approximate surface area is 190 Å². The van der Waals surface area contributed by atoms with E-state index in [1.807, 2.05) is 13.0 Å². The monoisotopic (exact) mass is 438 g/mol. The third-order valence-corrected chi connectivity index (χ3v) is 5.66. The Morgan fingerprint density at radius 3 is 2.84 bits per heavy atom. The second-order valence-corrected chi connectivity index (χ2v) is 8.54. The number of fused-ring (bicyclic) bond motifs is 1. The minimum absolute atomic E-state index is 0.187. The summed E-state index contributed by atoms with van der Waals surface area (Å²) >= 11 is 0. The Balaban J connectivity index is 1.41. The van der Waals surface area contributed by atoms with Crippen LogP contribution in [0.5, 0.6) is 0 Å². The van der Waals surface area contributed by atoms with Crippen molar-refractivity contribution in [3.05, 3.63) is 65.6 Å². The molecule has 0 radical (unpaired) electrons. The highest BCUT2D eigenvalue weighted by Crippen LogP contribution is 2.35. The lowest BCUT2D eigenvalue weighted by Gasteiger charge is -2.21. The van der Waals surface area contributed by atoms with Gasteiger partial charge in [0, 0.05) is 30.4 Å². The van der Waals surface area contributed by atoms with Crippen molar-refractivity contribution in [3.63, 3.8) is 0 Å². The van der Waals surface area contributed by atoms with E-state index in [4.69, 9.17) is 14.0 Å². The number of unbranched alkanes of at least 4 members (excludes halogenated alkanes) is 2. The molecule has 6 nitrogen and oxygen atoms in total. The predicted octanol–water partition coefficient (Wildman–Crippen LogP) is 5.34. The van der Waals surface area contributed by atoms with Gasteiger partial charge in [-0.2, -0.15) is 0 Å². The van der Waals surface area contributed by atoms with Crippen molar-refractivity contribution in [2.45, 2.75) is 58.7 Å². The van der Waals surface area contributed by atoms with E-state index in [1.165, 1.54) is 23.9 Å². The summed E-state index contributed by atoms with van der Waals surface area (Å²) in [5, 5.41) is 4.13. The van der Waals surface area contributed by atoms with Crippen LogP contribution in [0.4, 0.5) is 5.69 Å². The fourth-order valence-corrected chi connectivity index (χ4v) is 3.83. The average molecular weight is 439 g/mol. The van der Waals surface area contributed by atoms with Crippen molar-refractivity contribution in [2.75, 3.05) is 25.1 Å². The van der Waals surface area contributed by atoms with Crippen LogP contribution in [-0.4, -0.2) is 36.9 Å². The zero-order chi connectivity index (χ0) is 23.0. The Kier molecular flexibility index (Phi) is 8.28. The number of aromatic nitrogens is 1. The van der Waals surface area contributed by atoms with Gasteiger partial charge in [-0.15, -0.1) is 0 Å². The summed E-state index contributed by atoms with van der Waals surface area (Å²) in [4.78, 5) is 14.2. The molecule has 0 fully saturated rings. The molecule has 0 amide bonds. The topological polar surface area (TPSA) is 64.8 Å². The molecule has 172 valence electrons. The normalized spacial score (nSPS) is 15.0. The number of esters is 1. The van der Waals surface area contributed by atoms with Crippen LogP contribution in [-0.2, 0) is 27.3 Å². The van der Waals surface area contributed by atoms with Crippen molar-refractivity contribution in [1.82, 2.24) is 5.16 Å². The van der Waals surface area contributed by atoms with Crippen LogP contribution in [0.15, 0.2) is 53.1 Å². The Hall–Kier alpha value is -2.86. The predicted molar refractivity (Wildman–Crippen MR) is 126 cm³/mol. The maximum absolute atomic E-state index is 11.7. The average Bonchev–Trinajstić information content (AvgIpc) is 3.40. The van der Waals surface area contributed by atoms with Gasteiger partial charge < -0.3 is 18.9 Å². The van der Waals surface area contributed by atoms with Gasteiger partial charge in [-0.1, -0.05) is 48.0 Å². The number of aryl methyl sites for hydroxylation is 1. The van der Waals surface area contributed by atoms with Gasteiger partial charge in [-0.25, -0.2) is 4.79 Å². The maximum Gasteiger partial charge on any atom is 0.337 e. The minimum atomic E-state index is -1.02. The van der Waals surface area contributed by atoms with Crippen LogP contribution in [0.1, 0.15) is 57.1 Å². The van der Waals surface area contributed by atoms with Crippen molar-refractivity contribution in [1.29, 1.82) is 0 Å². The van der Waals surface area contributed by atoms with E-state index < -0.39 is 11.6 Å². The molecular weight excluding hydrogens is 404 g/mol. The van der Waals surface area contributed by atoms with E-state index in [9.17, 15) is 4.79 Å². The van der Waals surface area contributed by atoms with E-state index >= 15 is 0 Å². The fourth-order valence-electron chi connectivity index (χ4n) is 3.83. The first kappa shape index (κ1) is 23.8. The smallest absolute Gasteiger partial charge is 0.337 e. The molecule has 1 aromatic heterocycles. The minimum Gasteiger partial charge on any atom is -0.467 e. The summed E-state index contributed by atoms with van der Waals surface area (Å²) < 4.78 is 15.7. The molecule has 2 aromatic rings. The molecule has 1 aromatic carbocycles. The number of benzene rings is 1. The Morgan fingerprint density at radius 2 is 2.06 bits per heavy atom. The van der Waals surface area contributed by atoms with Crippen LogP contribution in [0.3, 0.4) is 0 Å². The van der Waals surface area contributed by atoms with E-state index in [0.29, 0.717) is 5.76 Å². The number of hydrogen-bond acceptors (Lipinski definition) is 6. The molecule has 0 atom stereocenters. The molecular formula is C26H34N2O4. The second kappa shape index (κ2) is 11.1. The largest absolute Gasteiger partial charge is 0.467 e. The molecule has 0 bridgehead atoms. The lowest BCUT2D eigenvalue weighted by atomic mass is 10.1. The van der Waals surface area contributed by atoms with Gasteiger partial charge in [0.15, 0.2) is 11.4 Å². The summed E-state index contributed by atoms with van der Waals surface area (Å²) in [6, 6.07) is 10.6. The van der Waals surface area contributed by atoms with Crippen LogP contribution in [0, 0.1) is 0 Å². The number of hydrogen-bond donors (Lipinski definition) is 0. The number of ether oxygens (including phenoxy) is 2. The van der Waals surface area contributed by atoms with Crippen LogP contribution in [0.25, 0.3) is 5.57 Å². The van der Waals surface area contributed by atoms with E-state index in [0.717, 1.165) is 44.5 Å². The lowest BCUT2D eigenvalue weighted by molar-refractivity contribution is -0.167. The molecule has 1 aliphatic heterocycles. The molecule has 0 spiro atoms. The lowest BCUT2D eigenvalue weighted by Crippen LogP contribution is -2.35. The molecule has 0 N–H and O–H groups in total. The highest BCUT2D eigenvalue weighted by Gasteiger charge is 2.30. The molecule has 0 unspecified atom stereocenters. The number of carbonyl (C=O) groups excluding carboxylic acids is 1. The quantitative estimate of drug-likeness (QED) is 0.349. The zero-order valence-corrected chi connectivity index (χ0v) is 19.6. The van der Waals surface area contributed by atoms with E-state index in [-0.39, 0.29) is 6.61 Å². The van der Waals surface area contributed by atoms with Gasteiger partial charge in [0.25, 0.3) is 0 Å². The highest BCUT2D eigenvalue weighted by molar-refractivity contribution is 5.86. The third kappa shape index (κ3) is 6.10. The number of nitrogens with zero attached hydrogens (tertiary/aromatic N) is 2. The van der Waals surface area contributed by atoms with Gasteiger partial charge in [0.1, 0.15) is 6.61 Å². The van der Waals surface area contributed by atoms with Gasteiger partial charge in [0.05, 0.1) is 12.8 Å². The van der Waals surface area contributed by atoms with Crippen molar-refractivity contribution in [3.8, 4) is 0 Å². The number of carbonyl (C=O) groups is 1. The van der Waals surface area contributed by atoms with Gasteiger partial charge in [-0.05, 0) is 51.7 Å². The third-order valence-electron chi connectivity index (χ3n) is 5.66. The SMILES string of the molecule is C/C=C\C=C1/CN(CCCCCc2cc(COC(C)(C)C(=O)OC)on2)c2ccccc21. The Bertz CT molecular complexity index is 958. The molecule has 3 rings (SSSR count). The molecule has 32 heavy (non-hydrogen) atoms.